The zero-order valence-corrected chi connectivity index (χ0v) is 15.1. The van der Waals surface area contributed by atoms with Crippen LogP contribution in [0.2, 0.25) is 0 Å². The van der Waals surface area contributed by atoms with Crippen molar-refractivity contribution in [2.24, 2.45) is 11.3 Å². The van der Waals surface area contributed by atoms with Gasteiger partial charge in [0.15, 0.2) is 0 Å². The van der Waals surface area contributed by atoms with Gasteiger partial charge in [-0.15, -0.1) is 23.5 Å². The van der Waals surface area contributed by atoms with Crippen LogP contribution in [0.5, 0.6) is 0 Å². The molecular formula is C20H20O2S2. The van der Waals surface area contributed by atoms with Crippen molar-refractivity contribution >= 4 is 40.3 Å². The zero-order chi connectivity index (χ0) is 16.2. The smallest absolute Gasteiger partial charge is 0.312 e. The average molecular weight is 357 g/mol. The Kier molecular flexibility index (Phi) is 3.43. The molecule has 2 saturated heterocycles. The number of hydrogen-bond donors (Lipinski definition) is 0. The summed E-state index contributed by atoms with van der Waals surface area (Å²) in [5, 5.41) is 2.51. The van der Waals surface area contributed by atoms with E-state index in [1.807, 2.05) is 0 Å². The van der Waals surface area contributed by atoms with Gasteiger partial charge >= 0.3 is 5.97 Å². The molecule has 2 unspecified atom stereocenters. The summed E-state index contributed by atoms with van der Waals surface area (Å²) in [5.74, 6) is 2.87. The Bertz CT molecular complexity index is 812. The minimum atomic E-state index is -0.299. The van der Waals surface area contributed by atoms with Gasteiger partial charge in [0.05, 0.1) is 16.1 Å². The molecule has 4 heteroatoms. The summed E-state index contributed by atoms with van der Waals surface area (Å²) in [4.78, 5) is 12.7. The molecule has 24 heavy (non-hydrogen) atoms. The summed E-state index contributed by atoms with van der Waals surface area (Å²) < 4.78 is 5.79. The molecule has 2 nitrogen and oxygen atoms in total. The van der Waals surface area contributed by atoms with Gasteiger partial charge in [-0.05, 0) is 35.6 Å². The van der Waals surface area contributed by atoms with Crippen molar-refractivity contribution in [2.45, 2.75) is 23.3 Å². The van der Waals surface area contributed by atoms with Crippen LogP contribution in [0.1, 0.15) is 18.4 Å². The fourth-order valence-electron chi connectivity index (χ4n) is 4.75. The normalized spacial score (nSPS) is 30.8. The van der Waals surface area contributed by atoms with Crippen LogP contribution < -0.4 is 0 Å². The Balaban J connectivity index is 1.51. The zero-order valence-electron chi connectivity index (χ0n) is 13.5. The van der Waals surface area contributed by atoms with Gasteiger partial charge in [0, 0.05) is 17.4 Å². The average Bonchev–Trinajstić information content (AvgIpc) is 3.25. The van der Waals surface area contributed by atoms with Crippen LogP contribution in [0.25, 0.3) is 10.8 Å². The Labute approximate surface area is 150 Å². The SMILES string of the molecule is O=C1OCC2CC3(CC12Cc1ccc2ccccc2c1)SCCS3. The first-order chi connectivity index (χ1) is 11.7. The second-order valence-electron chi connectivity index (χ2n) is 7.30. The van der Waals surface area contributed by atoms with Gasteiger partial charge in [0.1, 0.15) is 0 Å². The Morgan fingerprint density at radius 1 is 1.08 bits per heavy atom. The summed E-state index contributed by atoms with van der Waals surface area (Å²) >= 11 is 4.16. The first-order valence-corrected chi connectivity index (χ1v) is 10.6. The summed E-state index contributed by atoms with van der Waals surface area (Å²) in [6.07, 6.45) is 2.93. The Hall–Kier alpha value is -1.13. The molecule has 0 aromatic heterocycles. The number of cyclic esters (lactones) is 1. The molecule has 0 amide bonds. The second-order valence-corrected chi connectivity index (χ2v) is 10.5. The molecule has 5 rings (SSSR count). The molecular weight excluding hydrogens is 336 g/mol. The summed E-state index contributed by atoms with van der Waals surface area (Å²) in [7, 11) is 0. The van der Waals surface area contributed by atoms with E-state index in [2.05, 4.69) is 66.0 Å². The minimum Gasteiger partial charge on any atom is -0.465 e. The first kappa shape index (κ1) is 15.2. The molecule has 0 N–H and O–H groups in total. The van der Waals surface area contributed by atoms with Crippen molar-refractivity contribution in [3.05, 3.63) is 48.0 Å². The molecule has 2 aliphatic heterocycles. The fraction of sp³-hybridized carbons (Fsp3) is 0.450. The van der Waals surface area contributed by atoms with Crippen LogP contribution in [0.15, 0.2) is 42.5 Å². The third-order valence-corrected chi connectivity index (χ3v) is 9.35. The molecule has 3 fully saturated rings. The summed E-state index contributed by atoms with van der Waals surface area (Å²) in [5.41, 5.74) is 0.967. The number of benzene rings is 2. The van der Waals surface area contributed by atoms with Crippen molar-refractivity contribution in [1.82, 2.24) is 0 Å². The highest BCUT2D eigenvalue weighted by atomic mass is 32.2. The van der Waals surface area contributed by atoms with Crippen molar-refractivity contribution in [3.63, 3.8) is 0 Å². The lowest BCUT2D eigenvalue weighted by Gasteiger charge is -2.27. The number of fused-ring (bicyclic) bond motifs is 2. The van der Waals surface area contributed by atoms with Gasteiger partial charge < -0.3 is 4.74 Å². The molecule has 2 atom stereocenters. The lowest BCUT2D eigenvalue weighted by molar-refractivity contribution is -0.146. The van der Waals surface area contributed by atoms with Gasteiger partial charge in [-0.3, -0.25) is 4.79 Å². The van der Waals surface area contributed by atoms with Gasteiger partial charge in [0.2, 0.25) is 0 Å². The molecule has 2 aromatic rings. The molecule has 0 bridgehead atoms. The van der Waals surface area contributed by atoms with E-state index in [1.54, 1.807) is 0 Å². The van der Waals surface area contributed by atoms with Crippen LogP contribution in [0.3, 0.4) is 0 Å². The predicted octanol–water partition coefficient (Wildman–Crippen LogP) is 4.51. The van der Waals surface area contributed by atoms with Crippen molar-refractivity contribution in [3.8, 4) is 0 Å². The second kappa shape index (κ2) is 5.43. The lowest BCUT2D eigenvalue weighted by Crippen LogP contribution is -2.32. The number of hydrogen-bond acceptors (Lipinski definition) is 4. The third kappa shape index (κ3) is 2.22. The molecule has 3 aliphatic rings. The molecule has 1 aliphatic carbocycles. The van der Waals surface area contributed by atoms with Crippen LogP contribution in [0.4, 0.5) is 0 Å². The molecule has 124 valence electrons. The Morgan fingerprint density at radius 2 is 1.88 bits per heavy atom. The number of carbonyl (C=O) groups excluding carboxylic acids is 1. The molecule has 0 radical (unpaired) electrons. The lowest BCUT2D eigenvalue weighted by atomic mass is 9.75. The van der Waals surface area contributed by atoms with Crippen LogP contribution in [-0.4, -0.2) is 28.2 Å². The quantitative estimate of drug-likeness (QED) is 0.740. The monoisotopic (exact) mass is 356 g/mol. The van der Waals surface area contributed by atoms with E-state index < -0.39 is 0 Å². The standard InChI is InChI=1S/C20H20O2S2/c21-18-19(10-14-5-6-15-3-1-2-4-16(15)9-14)13-20(23-7-8-24-20)11-17(19)12-22-18/h1-6,9,17H,7-8,10-13H2. The van der Waals surface area contributed by atoms with E-state index in [0.717, 1.165) is 19.3 Å². The maximum Gasteiger partial charge on any atom is 0.312 e. The number of esters is 1. The van der Waals surface area contributed by atoms with E-state index in [4.69, 9.17) is 4.74 Å². The summed E-state index contributed by atoms with van der Waals surface area (Å²) in [6.45, 7) is 0.620. The summed E-state index contributed by atoms with van der Waals surface area (Å²) in [6, 6.07) is 15.1. The Morgan fingerprint density at radius 3 is 2.71 bits per heavy atom. The van der Waals surface area contributed by atoms with Gasteiger partial charge in [-0.25, -0.2) is 0 Å². The third-order valence-electron chi connectivity index (χ3n) is 5.89. The van der Waals surface area contributed by atoms with Crippen LogP contribution in [0, 0.1) is 11.3 Å². The van der Waals surface area contributed by atoms with Crippen LogP contribution >= 0.6 is 23.5 Å². The molecule has 1 spiro atoms. The fourth-order valence-corrected chi connectivity index (χ4v) is 8.36. The van der Waals surface area contributed by atoms with E-state index in [-0.39, 0.29) is 15.5 Å². The van der Waals surface area contributed by atoms with Gasteiger partial charge in [-0.2, -0.15) is 0 Å². The van der Waals surface area contributed by atoms with Gasteiger partial charge in [0.25, 0.3) is 0 Å². The van der Waals surface area contributed by atoms with E-state index in [1.165, 1.54) is 27.8 Å². The first-order valence-electron chi connectivity index (χ1n) is 8.62. The largest absolute Gasteiger partial charge is 0.465 e. The molecule has 2 heterocycles. The highest BCUT2D eigenvalue weighted by Gasteiger charge is 2.63. The number of carbonyl (C=O) groups is 1. The maximum atomic E-state index is 12.7. The van der Waals surface area contributed by atoms with Crippen molar-refractivity contribution in [2.75, 3.05) is 18.1 Å². The van der Waals surface area contributed by atoms with Gasteiger partial charge in [-0.1, -0.05) is 42.5 Å². The number of ether oxygens (including phenoxy) is 1. The predicted molar refractivity (Wildman–Crippen MR) is 101 cm³/mol. The molecule has 1 saturated carbocycles. The number of thioether (sulfide) groups is 2. The van der Waals surface area contributed by atoms with Crippen molar-refractivity contribution in [1.29, 1.82) is 0 Å². The molecule has 2 aromatic carbocycles. The van der Waals surface area contributed by atoms with E-state index in [9.17, 15) is 4.79 Å². The topological polar surface area (TPSA) is 26.3 Å². The maximum absolute atomic E-state index is 12.7. The van der Waals surface area contributed by atoms with E-state index >= 15 is 0 Å². The highest BCUT2D eigenvalue weighted by Crippen LogP contribution is 2.65. The number of rotatable bonds is 2. The van der Waals surface area contributed by atoms with Crippen LogP contribution in [-0.2, 0) is 16.0 Å². The minimum absolute atomic E-state index is 0.0469. The highest BCUT2D eigenvalue weighted by molar-refractivity contribution is 8.21. The van der Waals surface area contributed by atoms with Crippen molar-refractivity contribution < 1.29 is 9.53 Å². The van der Waals surface area contributed by atoms with E-state index in [0.29, 0.717) is 12.5 Å².